The van der Waals surface area contributed by atoms with Gasteiger partial charge in [0.2, 0.25) is 0 Å². The maximum Gasteiger partial charge on any atom is 0.160 e. The van der Waals surface area contributed by atoms with E-state index in [1.807, 2.05) is 6.07 Å². The lowest BCUT2D eigenvalue weighted by Crippen LogP contribution is -1.88. The van der Waals surface area contributed by atoms with Crippen LogP contribution in [0, 0.1) is 0 Å². The number of phenolic OH excluding ortho intramolecular Hbond substituents is 2. The molecule has 0 bridgehead atoms. The van der Waals surface area contributed by atoms with E-state index < -0.39 is 0 Å². The summed E-state index contributed by atoms with van der Waals surface area (Å²) in [6.07, 6.45) is 18.4. The fraction of sp³-hybridized carbons (Fsp3) is 0.714. The number of hydrogen-bond acceptors (Lipinski definition) is 2. The fourth-order valence-electron chi connectivity index (χ4n) is 3.11. The predicted molar refractivity (Wildman–Crippen MR) is 99.2 cm³/mol. The van der Waals surface area contributed by atoms with Crippen LogP contribution in [0.2, 0.25) is 0 Å². The van der Waals surface area contributed by atoms with Crippen molar-refractivity contribution in [2.24, 2.45) is 0 Å². The van der Waals surface area contributed by atoms with Crippen LogP contribution < -0.4 is 0 Å². The van der Waals surface area contributed by atoms with Crippen molar-refractivity contribution >= 4 is 0 Å². The lowest BCUT2D eigenvalue weighted by Gasteiger charge is -2.06. The normalized spacial score (nSPS) is 11.0. The molecule has 2 nitrogen and oxygen atoms in total. The van der Waals surface area contributed by atoms with Gasteiger partial charge >= 0.3 is 0 Å². The Balaban J connectivity index is 1.87. The molecule has 23 heavy (non-hydrogen) atoms. The summed E-state index contributed by atoms with van der Waals surface area (Å²) in [4.78, 5) is 0. The number of rotatable bonds is 14. The molecule has 1 aromatic rings. The van der Waals surface area contributed by atoms with E-state index in [4.69, 9.17) is 0 Å². The van der Waals surface area contributed by atoms with Crippen molar-refractivity contribution in [3.8, 4) is 11.5 Å². The Kier molecular flexibility index (Phi) is 11.5. The molecule has 132 valence electrons. The third-order valence-electron chi connectivity index (χ3n) is 4.65. The smallest absolute Gasteiger partial charge is 0.160 e. The summed E-state index contributed by atoms with van der Waals surface area (Å²) in [5.41, 5.74) is 0.869. The fourth-order valence-corrected chi connectivity index (χ4v) is 3.11. The van der Waals surface area contributed by atoms with Gasteiger partial charge in [0.15, 0.2) is 11.5 Å². The van der Waals surface area contributed by atoms with Crippen molar-refractivity contribution in [1.82, 2.24) is 0 Å². The van der Waals surface area contributed by atoms with Crippen molar-refractivity contribution < 1.29 is 10.2 Å². The topological polar surface area (TPSA) is 40.5 Å². The van der Waals surface area contributed by atoms with E-state index in [1.54, 1.807) is 6.07 Å². The van der Waals surface area contributed by atoms with Gasteiger partial charge in [-0.3, -0.25) is 0 Å². The number of para-hydroxylation sites is 1. The first-order valence-corrected chi connectivity index (χ1v) is 9.75. The Labute approximate surface area is 142 Å². The molecule has 0 aromatic heterocycles. The molecule has 0 unspecified atom stereocenters. The van der Waals surface area contributed by atoms with E-state index in [0.717, 1.165) is 18.4 Å². The van der Waals surface area contributed by atoms with Gasteiger partial charge in [0.05, 0.1) is 0 Å². The first-order valence-electron chi connectivity index (χ1n) is 9.75. The highest BCUT2D eigenvalue weighted by Gasteiger charge is 2.04. The van der Waals surface area contributed by atoms with Crippen LogP contribution in [-0.2, 0) is 6.42 Å². The van der Waals surface area contributed by atoms with Gasteiger partial charge in [0.25, 0.3) is 0 Å². The Morgan fingerprint density at radius 2 is 1.13 bits per heavy atom. The van der Waals surface area contributed by atoms with Crippen LogP contribution in [0.3, 0.4) is 0 Å². The monoisotopic (exact) mass is 320 g/mol. The molecular formula is C21H36O2. The quantitative estimate of drug-likeness (QED) is 0.294. The van der Waals surface area contributed by atoms with Gasteiger partial charge in [-0.2, -0.15) is 0 Å². The van der Waals surface area contributed by atoms with Crippen molar-refractivity contribution in [2.75, 3.05) is 0 Å². The number of hydrogen-bond donors (Lipinski definition) is 2. The maximum absolute atomic E-state index is 9.74. The number of unbranched alkanes of at least 4 members (excludes halogenated alkanes) is 12. The molecule has 0 heterocycles. The van der Waals surface area contributed by atoms with Crippen molar-refractivity contribution in [2.45, 2.75) is 96.8 Å². The molecule has 0 amide bonds. The molecule has 0 saturated heterocycles. The second-order valence-electron chi connectivity index (χ2n) is 6.78. The number of aromatic hydroxyl groups is 2. The zero-order valence-corrected chi connectivity index (χ0v) is 15.0. The van der Waals surface area contributed by atoms with Gasteiger partial charge in [-0.05, 0) is 24.5 Å². The molecule has 1 aromatic carbocycles. The molecule has 0 fully saturated rings. The molecule has 0 aliphatic carbocycles. The van der Waals surface area contributed by atoms with E-state index >= 15 is 0 Å². The van der Waals surface area contributed by atoms with E-state index in [-0.39, 0.29) is 11.5 Å². The third-order valence-corrected chi connectivity index (χ3v) is 4.65. The van der Waals surface area contributed by atoms with Crippen LogP contribution >= 0.6 is 0 Å². The summed E-state index contributed by atoms with van der Waals surface area (Å²) in [5, 5.41) is 19.2. The molecule has 0 aliphatic rings. The average Bonchev–Trinajstić information content (AvgIpc) is 2.55. The Hall–Kier alpha value is -1.18. The van der Waals surface area contributed by atoms with Gasteiger partial charge in [-0.1, -0.05) is 96.1 Å². The molecule has 0 radical (unpaired) electrons. The molecular weight excluding hydrogens is 284 g/mol. The van der Waals surface area contributed by atoms with Crippen LogP contribution in [0.5, 0.6) is 11.5 Å². The summed E-state index contributed by atoms with van der Waals surface area (Å²) in [5.74, 6) is 0.0589. The number of phenols is 2. The molecule has 0 spiro atoms. The number of benzene rings is 1. The lowest BCUT2D eigenvalue weighted by molar-refractivity contribution is 0.398. The van der Waals surface area contributed by atoms with Crippen LogP contribution in [-0.4, -0.2) is 10.2 Å². The summed E-state index contributed by atoms with van der Waals surface area (Å²) in [6.45, 7) is 2.27. The third kappa shape index (κ3) is 9.53. The van der Waals surface area contributed by atoms with Gasteiger partial charge in [-0.25, -0.2) is 0 Å². The molecule has 2 heteroatoms. The first kappa shape index (κ1) is 19.9. The molecule has 2 N–H and O–H groups in total. The minimum Gasteiger partial charge on any atom is -0.504 e. The van der Waals surface area contributed by atoms with Crippen LogP contribution in [0.25, 0.3) is 0 Å². The van der Waals surface area contributed by atoms with Gasteiger partial charge in [-0.15, -0.1) is 0 Å². The van der Waals surface area contributed by atoms with Crippen LogP contribution in [0.1, 0.15) is 96.0 Å². The first-order chi connectivity index (χ1) is 11.3. The van der Waals surface area contributed by atoms with Crippen molar-refractivity contribution in [1.29, 1.82) is 0 Å². The van der Waals surface area contributed by atoms with E-state index in [1.165, 1.54) is 83.1 Å². The van der Waals surface area contributed by atoms with Gasteiger partial charge < -0.3 is 10.2 Å². The van der Waals surface area contributed by atoms with E-state index in [2.05, 4.69) is 6.92 Å². The Morgan fingerprint density at radius 1 is 0.652 bits per heavy atom. The van der Waals surface area contributed by atoms with E-state index in [0.29, 0.717) is 0 Å². The van der Waals surface area contributed by atoms with Crippen molar-refractivity contribution in [3.63, 3.8) is 0 Å². The highest BCUT2D eigenvalue weighted by Crippen LogP contribution is 2.29. The summed E-state index contributed by atoms with van der Waals surface area (Å²) in [7, 11) is 0. The molecule has 1 rings (SSSR count). The zero-order valence-electron chi connectivity index (χ0n) is 15.0. The second kappa shape index (κ2) is 13.3. The largest absolute Gasteiger partial charge is 0.504 e. The summed E-state index contributed by atoms with van der Waals surface area (Å²) in [6, 6.07) is 5.23. The highest BCUT2D eigenvalue weighted by atomic mass is 16.3. The van der Waals surface area contributed by atoms with Crippen LogP contribution in [0.4, 0.5) is 0 Å². The highest BCUT2D eigenvalue weighted by molar-refractivity contribution is 5.44. The van der Waals surface area contributed by atoms with E-state index in [9.17, 15) is 10.2 Å². The van der Waals surface area contributed by atoms with Crippen LogP contribution in [0.15, 0.2) is 18.2 Å². The summed E-state index contributed by atoms with van der Waals surface area (Å²) < 4.78 is 0. The van der Waals surface area contributed by atoms with Gasteiger partial charge in [0.1, 0.15) is 0 Å². The SMILES string of the molecule is CCCCCCCCCCCCCCCc1cccc(O)c1O. The lowest BCUT2D eigenvalue weighted by atomic mass is 10.0. The summed E-state index contributed by atoms with van der Waals surface area (Å²) >= 11 is 0. The Morgan fingerprint density at radius 3 is 1.65 bits per heavy atom. The zero-order chi connectivity index (χ0) is 16.8. The van der Waals surface area contributed by atoms with Crippen molar-refractivity contribution in [3.05, 3.63) is 23.8 Å². The number of aryl methyl sites for hydroxylation is 1. The molecule has 0 atom stereocenters. The minimum atomic E-state index is -0.00260. The minimum absolute atomic E-state index is 0.00260. The standard InChI is InChI=1S/C21H36O2/c1-2-3-4-5-6-7-8-9-10-11-12-13-14-16-19-17-15-18-20(22)21(19)23/h15,17-18,22-23H,2-14,16H2,1H3. The Bertz CT molecular complexity index is 401. The average molecular weight is 321 g/mol. The predicted octanol–water partition coefficient (Wildman–Crippen LogP) is 6.73. The molecule has 0 saturated carbocycles. The van der Waals surface area contributed by atoms with Gasteiger partial charge in [0, 0.05) is 0 Å². The second-order valence-corrected chi connectivity index (χ2v) is 6.78. The molecule has 0 aliphatic heterocycles. The maximum atomic E-state index is 9.74.